The number of hydrogen-bond donors (Lipinski definition) is 0. The average molecular weight is 416 g/mol. The molecule has 2 aliphatic rings. The number of aliphatic imine (C=N–C) groups is 1. The summed E-state index contributed by atoms with van der Waals surface area (Å²) in [6, 6.07) is 7.87. The molecule has 1 unspecified atom stereocenters. The van der Waals surface area contributed by atoms with E-state index < -0.39 is 5.54 Å². The van der Waals surface area contributed by atoms with Gasteiger partial charge in [0.15, 0.2) is 11.9 Å². The smallest absolute Gasteiger partial charge is 0.223 e. The fraction of sp³-hybridized carbons (Fsp3) is 0.333. The Hall–Kier alpha value is -3.48. The number of aromatic nitrogens is 3. The summed E-state index contributed by atoms with van der Waals surface area (Å²) in [4.78, 5) is 17.6. The van der Waals surface area contributed by atoms with Crippen LogP contribution in [0.1, 0.15) is 38.3 Å². The lowest BCUT2D eigenvalue weighted by atomic mass is 9.81. The maximum Gasteiger partial charge on any atom is 0.223 e. The van der Waals surface area contributed by atoms with Crippen molar-refractivity contribution in [3.63, 3.8) is 0 Å². The molecular weight excluding hydrogens is 392 g/mol. The molecule has 5 rings (SSSR count). The zero-order chi connectivity index (χ0) is 21.5. The molecule has 31 heavy (non-hydrogen) atoms. The number of fused-ring (bicyclic) bond motifs is 4. The number of pyridine rings is 1. The van der Waals surface area contributed by atoms with Crippen molar-refractivity contribution in [2.45, 2.75) is 32.7 Å². The highest BCUT2D eigenvalue weighted by atomic mass is 16.5. The van der Waals surface area contributed by atoms with Crippen molar-refractivity contribution in [1.29, 1.82) is 0 Å². The van der Waals surface area contributed by atoms with Gasteiger partial charge in [-0.15, -0.1) is 0 Å². The van der Waals surface area contributed by atoms with Gasteiger partial charge in [0.25, 0.3) is 0 Å². The molecule has 1 aromatic carbocycles. The SMILES string of the molecule is CC(C)(C)CCOc1nccc2c1C1(COC=N1)c1cc(-c3cncnc3)ccc1O2. The molecule has 0 radical (unpaired) electrons. The highest BCUT2D eigenvalue weighted by molar-refractivity contribution is 5.71. The minimum atomic E-state index is -0.778. The molecule has 0 saturated carbocycles. The molecule has 158 valence electrons. The third-order valence-electron chi connectivity index (χ3n) is 5.56. The third-order valence-corrected chi connectivity index (χ3v) is 5.56. The van der Waals surface area contributed by atoms with E-state index in [4.69, 9.17) is 19.2 Å². The molecule has 4 heterocycles. The minimum absolute atomic E-state index is 0.164. The van der Waals surface area contributed by atoms with E-state index in [9.17, 15) is 0 Å². The van der Waals surface area contributed by atoms with Crippen molar-refractivity contribution in [3.8, 4) is 28.5 Å². The second kappa shape index (κ2) is 7.34. The van der Waals surface area contributed by atoms with Gasteiger partial charge in [0.2, 0.25) is 5.88 Å². The van der Waals surface area contributed by atoms with Crippen LogP contribution in [0.3, 0.4) is 0 Å². The summed E-state index contributed by atoms with van der Waals surface area (Å²) in [5, 5.41) is 0. The van der Waals surface area contributed by atoms with E-state index in [1.165, 1.54) is 12.7 Å². The van der Waals surface area contributed by atoms with Crippen LogP contribution in [0.5, 0.6) is 17.4 Å². The van der Waals surface area contributed by atoms with Gasteiger partial charge in [0.05, 0.1) is 12.2 Å². The predicted octanol–water partition coefficient (Wildman–Crippen LogP) is 4.76. The standard InChI is InChI=1S/C24H24N4O3/c1-23(2,3)7-9-30-22-21-20(6-8-27-22)31-19-5-4-16(17-11-25-14-26-12-17)10-18(19)24(21)13-29-15-28-24/h4-6,8,10-12,14-15H,7,9,13H2,1-3H3. The normalized spacial score (nSPS) is 18.8. The first kappa shape index (κ1) is 19.5. The van der Waals surface area contributed by atoms with Gasteiger partial charge in [-0.3, -0.25) is 0 Å². The van der Waals surface area contributed by atoms with E-state index in [1.807, 2.05) is 18.2 Å². The van der Waals surface area contributed by atoms with Crippen LogP contribution >= 0.6 is 0 Å². The van der Waals surface area contributed by atoms with Crippen molar-refractivity contribution in [2.75, 3.05) is 13.2 Å². The first-order valence-corrected chi connectivity index (χ1v) is 10.3. The average Bonchev–Trinajstić information content (AvgIpc) is 3.24. The Balaban J connectivity index is 1.60. The second-order valence-corrected chi connectivity index (χ2v) is 8.99. The fourth-order valence-electron chi connectivity index (χ4n) is 3.88. The molecule has 2 aromatic heterocycles. The molecule has 2 aliphatic heterocycles. The Morgan fingerprint density at radius 1 is 1.06 bits per heavy atom. The maximum atomic E-state index is 6.26. The van der Waals surface area contributed by atoms with Crippen LogP contribution in [-0.4, -0.2) is 34.6 Å². The maximum absolute atomic E-state index is 6.26. The fourth-order valence-corrected chi connectivity index (χ4v) is 3.88. The van der Waals surface area contributed by atoms with Gasteiger partial charge in [0.1, 0.15) is 24.4 Å². The Labute approximate surface area is 181 Å². The lowest BCUT2D eigenvalue weighted by Crippen LogP contribution is -2.32. The highest BCUT2D eigenvalue weighted by Crippen LogP contribution is 2.53. The van der Waals surface area contributed by atoms with Gasteiger partial charge < -0.3 is 14.2 Å². The predicted molar refractivity (Wildman–Crippen MR) is 117 cm³/mol. The highest BCUT2D eigenvalue weighted by Gasteiger charge is 2.48. The van der Waals surface area contributed by atoms with E-state index in [-0.39, 0.29) is 5.41 Å². The largest absolute Gasteiger partial charge is 0.480 e. The Morgan fingerprint density at radius 2 is 1.90 bits per heavy atom. The number of rotatable bonds is 4. The van der Waals surface area contributed by atoms with Gasteiger partial charge in [-0.2, -0.15) is 0 Å². The van der Waals surface area contributed by atoms with Crippen molar-refractivity contribution in [2.24, 2.45) is 10.4 Å². The number of hydrogen-bond acceptors (Lipinski definition) is 7. The van der Waals surface area contributed by atoms with E-state index in [0.29, 0.717) is 24.8 Å². The van der Waals surface area contributed by atoms with Gasteiger partial charge in [-0.25, -0.2) is 19.9 Å². The van der Waals surface area contributed by atoms with E-state index >= 15 is 0 Å². The first-order valence-electron chi connectivity index (χ1n) is 10.3. The first-order chi connectivity index (χ1) is 15.0. The van der Waals surface area contributed by atoms with E-state index in [0.717, 1.165) is 34.4 Å². The summed E-state index contributed by atoms with van der Waals surface area (Å²) >= 11 is 0. The molecule has 0 fully saturated rings. The van der Waals surface area contributed by atoms with Crippen LogP contribution in [0.2, 0.25) is 0 Å². The van der Waals surface area contributed by atoms with Gasteiger partial charge in [-0.05, 0) is 35.6 Å². The molecule has 0 N–H and O–H groups in total. The summed E-state index contributed by atoms with van der Waals surface area (Å²) in [6.45, 7) is 7.48. The van der Waals surface area contributed by atoms with Crippen molar-refractivity contribution in [1.82, 2.24) is 15.0 Å². The van der Waals surface area contributed by atoms with Crippen molar-refractivity contribution < 1.29 is 14.2 Å². The van der Waals surface area contributed by atoms with Crippen LogP contribution in [-0.2, 0) is 10.3 Å². The molecule has 1 atom stereocenters. The molecule has 7 nitrogen and oxygen atoms in total. The molecule has 0 bridgehead atoms. The summed E-state index contributed by atoms with van der Waals surface area (Å²) in [6.07, 6.45) is 9.21. The van der Waals surface area contributed by atoms with Crippen LogP contribution in [0.15, 0.2) is 54.2 Å². The topological polar surface area (TPSA) is 78.7 Å². The summed E-state index contributed by atoms with van der Waals surface area (Å²) < 4.78 is 18.1. The van der Waals surface area contributed by atoms with Crippen molar-refractivity contribution in [3.05, 3.63) is 60.3 Å². The number of benzene rings is 1. The summed E-state index contributed by atoms with van der Waals surface area (Å²) in [7, 11) is 0. The number of ether oxygens (including phenoxy) is 3. The molecule has 1 spiro atoms. The molecule has 0 saturated heterocycles. The molecule has 3 aromatic rings. The Kier molecular flexibility index (Phi) is 4.61. The zero-order valence-electron chi connectivity index (χ0n) is 17.8. The van der Waals surface area contributed by atoms with Crippen LogP contribution in [0, 0.1) is 5.41 Å². The van der Waals surface area contributed by atoms with Crippen molar-refractivity contribution >= 4 is 6.40 Å². The Morgan fingerprint density at radius 3 is 2.65 bits per heavy atom. The molecule has 7 heteroatoms. The van der Waals surface area contributed by atoms with Crippen LogP contribution in [0.4, 0.5) is 0 Å². The summed E-state index contributed by atoms with van der Waals surface area (Å²) in [5.74, 6) is 1.96. The van der Waals surface area contributed by atoms with Gasteiger partial charge >= 0.3 is 0 Å². The molecular formula is C24H24N4O3. The molecule has 0 aliphatic carbocycles. The molecule has 0 amide bonds. The quantitative estimate of drug-likeness (QED) is 0.610. The van der Waals surface area contributed by atoms with Crippen LogP contribution in [0.25, 0.3) is 11.1 Å². The van der Waals surface area contributed by atoms with Gasteiger partial charge in [-0.1, -0.05) is 26.8 Å². The lowest BCUT2D eigenvalue weighted by Gasteiger charge is -2.34. The van der Waals surface area contributed by atoms with E-state index in [2.05, 4.69) is 41.8 Å². The minimum Gasteiger partial charge on any atom is -0.480 e. The Bertz CT molecular complexity index is 1140. The lowest BCUT2D eigenvalue weighted by molar-refractivity contribution is 0.221. The number of nitrogens with zero attached hydrogens (tertiary/aromatic N) is 4. The third kappa shape index (κ3) is 3.50. The van der Waals surface area contributed by atoms with Crippen LogP contribution < -0.4 is 9.47 Å². The second-order valence-electron chi connectivity index (χ2n) is 8.99. The zero-order valence-corrected chi connectivity index (χ0v) is 17.8. The summed E-state index contributed by atoms with van der Waals surface area (Å²) in [5.41, 5.74) is 2.99. The van der Waals surface area contributed by atoms with E-state index in [1.54, 1.807) is 18.6 Å². The monoisotopic (exact) mass is 416 g/mol. The van der Waals surface area contributed by atoms with Gasteiger partial charge in [0, 0.05) is 29.7 Å².